The fraction of sp³-hybridized carbons (Fsp3) is 0.625. The second kappa shape index (κ2) is 6.91. The maximum atomic E-state index is 5.99. The molecule has 2 heteroatoms. The third-order valence-corrected chi connectivity index (χ3v) is 3.50. The van der Waals surface area contributed by atoms with Gasteiger partial charge in [0.1, 0.15) is 0 Å². The van der Waals surface area contributed by atoms with Crippen molar-refractivity contribution < 1.29 is 9.47 Å². The summed E-state index contributed by atoms with van der Waals surface area (Å²) in [5.74, 6) is -0.366. The summed E-state index contributed by atoms with van der Waals surface area (Å²) in [6, 6.07) is 10.5. The molecule has 1 heterocycles. The van der Waals surface area contributed by atoms with Crippen molar-refractivity contribution in [3.05, 3.63) is 35.9 Å². The van der Waals surface area contributed by atoms with Crippen LogP contribution >= 0.6 is 0 Å². The summed E-state index contributed by atoms with van der Waals surface area (Å²) in [5, 5.41) is 0. The molecule has 1 aliphatic rings. The Hall–Kier alpha value is -0.860. The van der Waals surface area contributed by atoms with Crippen LogP contribution in [0.4, 0.5) is 0 Å². The minimum atomic E-state index is -0.366. The molecule has 2 nitrogen and oxygen atoms in total. The quantitative estimate of drug-likeness (QED) is 0.710. The van der Waals surface area contributed by atoms with Gasteiger partial charge < -0.3 is 9.47 Å². The molecular formula is C16H24O2. The van der Waals surface area contributed by atoms with Crippen LogP contribution in [0.5, 0.6) is 0 Å². The van der Waals surface area contributed by atoms with Crippen LogP contribution in [0.15, 0.2) is 30.3 Å². The summed E-state index contributed by atoms with van der Waals surface area (Å²) < 4.78 is 12.0. The number of hydrogen-bond acceptors (Lipinski definition) is 2. The van der Waals surface area contributed by atoms with Gasteiger partial charge in [0.25, 0.3) is 0 Å². The van der Waals surface area contributed by atoms with Gasteiger partial charge in [-0.15, -0.1) is 0 Å². The lowest BCUT2D eigenvalue weighted by Gasteiger charge is -2.37. The average Bonchev–Trinajstić information content (AvgIpc) is 2.41. The maximum absolute atomic E-state index is 5.99. The molecule has 0 radical (unpaired) electrons. The molecule has 1 aromatic rings. The molecule has 0 aromatic heterocycles. The lowest BCUT2D eigenvalue weighted by Crippen LogP contribution is -2.42. The SMILES string of the molecule is CCCCCC1(Cc2ccccc2)OCCCO1. The molecule has 0 saturated carbocycles. The van der Waals surface area contributed by atoms with Gasteiger partial charge in [-0.05, 0) is 18.4 Å². The molecule has 0 bridgehead atoms. The van der Waals surface area contributed by atoms with Gasteiger partial charge in [-0.2, -0.15) is 0 Å². The predicted molar refractivity (Wildman–Crippen MR) is 73.5 cm³/mol. The van der Waals surface area contributed by atoms with Crippen molar-refractivity contribution in [3.8, 4) is 0 Å². The lowest BCUT2D eigenvalue weighted by molar-refractivity contribution is -0.269. The van der Waals surface area contributed by atoms with Crippen LogP contribution in [-0.2, 0) is 15.9 Å². The molecule has 0 N–H and O–H groups in total. The summed E-state index contributed by atoms with van der Waals surface area (Å²) >= 11 is 0. The Bertz CT molecular complexity index is 328. The molecule has 0 amide bonds. The van der Waals surface area contributed by atoms with Crippen molar-refractivity contribution in [3.63, 3.8) is 0 Å². The van der Waals surface area contributed by atoms with E-state index in [1.54, 1.807) is 0 Å². The van der Waals surface area contributed by atoms with Crippen molar-refractivity contribution in [2.75, 3.05) is 13.2 Å². The summed E-state index contributed by atoms with van der Waals surface area (Å²) in [6.07, 6.45) is 6.58. The van der Waals surface area contributed by atoms with Crippen LogP contribution in [0.3, 0.4) is 0 Å². The second-order valence-electron chi connectivity index (χ2n) is 5.08. The zero-order valence-electron chi connectivity index (χ0n) is 11.4. The zero-order chi connectivity index (χ0) is 12.7. The highest BCUT2D eigenvalue weighted by atomic mass is 16.7. The smallest absolute Gasteiger partial charge is 0.172 e. The van der Waals surface area contributed by atoms with E-state index in [1.165, 1.54) is 24.8 Å². The number of unbranched alkanes of at least 4 members (excludes halogenated alkanes) is 2. The highest BCUT2D eigenvalue weighted by Gasteiger charge is 2.34. The minimum Gasteiger partial charge on any atom is -0.349 e. The summed E-state index contributed by atoms with van der Waals surface area (Å²) in [4.78, 5) is 0. The van der Waals surface area contributed by atoms with Crippen molar-refractivity contribution in [1.29, 1.82) is 0 Å². The van der Waals surface area contributed by atoms with Crippen LogP contribution in [0.2, 0.25) is 0 Å². The van der Waals surface area contributed by atoms with Gasteiger partial charge in [-0.3, -0.25) is 0 Å². The highest BCUT2D eigenvalue weighted by Crippen LogP contribution is 2.29. The van der Waals surface area contributed by atoms with E-state index in [9.17, 15) is 0 Å². The number of benzene rings is 1. The Balaban J connectivity index is 1.99. The van der Waals surface area contributed by atoms with E-state index in [4.69, 9.17) is 9.47 Å². The van der Waals surface area contributed by atoms with Crippen LogP contribution in [-0.4, -0.2) is 19.0 Å². The molecule has 2 rings (SSSR count). The molecule has 100 valence electrons. The van der Waals surface area contributed by atoms with Crippen molar-refractivity contribution in [2.24, 2.45) is 0 Å². The van der Waals surface area contributed by atoms with Crippen molar-refractivity contribution in [1.82, 2.24) is 0 Å². The van der Waals surface area contributed by atoms with Gasteiger partial charge in [0.2, 0.25) is 0 Å². The summed E-state index contributed by atoms with van der Waals surface area (Å²) in [7, 11) is 0. The Labute approximate surface area is 110 Å². The minimum absolute atomic E-state index is 0.366. The molecule has 1 aliphatic heterocycles. The van der Waals surface area contributed by atoms with Crippen LogP contribution in [0.25, 0.3) is 0 Å². The molecule has 0 aliphatic carbocycles. The van der Waals surface area contributed by atoms with E-state index in [-0.39, 0.29) is 5.79 Å². The lowest BCUT2D eigenvalue weighted by atomic mass is 9.98. The van der Waals surface area contributed by atoms with E-state index in [2.05, 4.69) is 37.3 Å². The first-order valence-electron chi connectivity index (χ1n) is 7.16. The predicted octanol–water partition coefficient (Wildman–Crippen LogP) is 3.94. The summed E-state index contributed by atoms with van der Waals surface area (Å²) in [6.45, 7) is 3.89. The van der Waals surface area contributed by atoms with Gasteiger partial charge in [0, 0.05) is 12.8 Å². The van der Waals surface area contributed by atoms with Gasteiger partial charge in [-0.1, -0.05) is 50.1 Å². The fourth-order valence-corrected chi connectivity index (χ4v) is 2.50. The van der Waals surface area contributed by atoms with E-state index in [0.29, 0.717) is 0 Å². The van der Waals surface area contributed by atoms with Gasteiger partial charge in [0.05, 0.1) is 13.2 Å². The number of rotatable bonds is 6. The van der Waals surface area contributed by atoms with E-state index < -0.39 is 0 Å². The average molecular weight is 248 g/mol. The Kier molecular flexibility index (Phi) is 5.21. The largest absolute Gasteiger partial charge is 0.349 e. The third kappa shape index (κ3) is 3.82. The standard InChI is InChI=1S/C16H24O2/c1-2-3-7-11-16(17-12-8-13-18-16)14-15-9-5-4-6-10-15/h4-6,9-10H,2-3,7-8,11-14H2,1H3. The highest BCUT2D eigenvalue weighted by molar-refractivity contribution is 5.16. The molecule has 1 aromatic carbocycles. The van der Waals surface area contributed by atoms with Gasteiger partial charge >= 0.3 is 0 Å². The normalized spacial score (nSPS) is 18.7. The molecule has 0 spiro atoms. The van der Waals surface area contributed by atoms with E-state index in [0.717, 1.165) is 32.5 Å². The Morgan fingerprint density at radius 2 is 1.78 bits per heavy atom. The van der Waals surface area contributed by atoms with Crippen LogP contribution in [0.1, 0.15) is 44.6 Å². The molecule has 1 saturated heterocycles. The van der Waals surface area contributed by atoms with Crippen molar-refractivity contribution >= 4 is 0 Å². The molecule has 0 atom stereocenters. The van der Waals surface area contributed by atoms with E-state index >= 15 is 0 Å². The molecular weight excluding hydrogens is 224 g/mol. The molecule has 1 fully saturated rings. The van der Waals surface area contributed by atoms with Crippen LogP contribution < -0.4 is 0 Å². The monoisotopic (exact) mass is 248 g/mol. The van der Waals surface area contributed by atoms with E-state index in [1.807, 2.05) is 0 Å². The topological polar surface area (TPSA) is 18.5 Å². The first kappa shape index (κ1) is 13.6. The van der Waals surface area contributed by atoms with Gasteiger partial charge in [-0.25, -0.2) is 0 Å². The Morgan fingerprint density at radius 3 is 2.44 bits per heavy atom. The Morgan fingerprint density at radius 1 is 1.06 bits per heavy atom. The van der Waals surface area contributed by atoms with Crippen LogP contribution in [0, 0.1) is 0 Å². The first-order valence-corrected chi connectivity index (χ1v) is 7.16. The first-order chi connectivity index (χ1) is 8.85. The number of ether oxygens (including phenoxy) is 2. The molecule has 0 unspecified atom stereocenters. The second-order valence-corrected chi connectivity index (χ2v) is 5.08. The maximum Gasteiger partial charge on any atom is 0.172 e. The third-order valence-electron chi connectivity index (χ3n) is 3.50. The van der Waals surface area contributed by atoms with Gasteiger partial charge in [0.15, 0.2) is 5.79 Å². The summed E-state index contributed by atoms with van der Waals surface area (Å²) in [5.41, 5.74) is 1.30. The van der Waals surface area contributed by atoms with Crippen molar-refractivity contribution in [2.45, 2.75) is 51.2 Å². The number of hydrogen-bond donors (Lipinski definition) is 0. The fourth-order valence-electron chi connectivity index (χ4n) is 2.50. The zero-order valence-corrected chi connectivity index (χ0v) is 11.4. The molecule has 18 heavy (non-hydrogen) atoms.